The lowest BCUT2D eigenvalue weighted by Gasteiger charge is -2.30. The Morgan fingerprint density at radius 3 is 2.59 bits per heavy atom. The number of carbonyl (C=O) groups is 1. The number of hydrogen-bond donors (Lipinski definition) is 2. The van der Waals surface area contributed by atoms with Crippen LogP contribution in [0.3, 0.4) is 0 Å². The van der Waals surface area contributed by atoms with Crippen molar-refractivity contribution in [3.63, 3.8) is 0 Å². The normalized spacial score (nSPS) is 19.9. The summed E-state index contributed by atoms with van der Waals surface area (Å²) in [6.45, 7) is 7.54. The van der Waals surface area contributed by atoms with E-state index in [1.807, 2.05) is 6.07 Å². The van der Waals surface area contributed by atoms with Crippen LogP contribution in [0.25, 0.3) is 0 Å². The van der Waals surface area contributed by atoms with Gasteiger partial charge in [0.25, 0.3) is 0 Å². The molecule has 1 fully saturated rings. The summed E-state index contributed by atoms with van der Waals surface area (Å²) in [5.74, 6) is 0.158. The van der Waals surface area contributed by atoms with E-state index in [4.69, 9.17) is 0 Å². The second kappa shape index (κ2) is 8.54. The molecule has 4 heteroatoms. The minimum atomic E-state index is 0. The molecule has 2 rings (SSSR count). The van der Waals surface area contributed by atoms with Gasteiger partial charge in [-0.3, -0.25) is 4.79 Å². The first kappa shape index (κ1) is 19.0. The summed E-state index contributed by atoms with van der Waals surface area (Å²) in [7, 11) is 0. The Hall–Kier alpha value is -1.06. The summed E-state index contributed by atoms with van der Waals surface area (Å²) in [6.07, 6.45) is 4.23. The quantitative estimate of drug-likeness (QED) is 0.871. The van der Waals surface area contributed by atoms with E-state index in [2.05, 4.69) is 55.7 Å². The summed E-state index contributed by atoms with van der Waals surface area (Å²) in [5, 5.41) is 6.48. The van der Waals surface area contributed by atoms with Gasteiger partial charge in [-0.15, -0.1) is 12.4 Å². The van der Waals surface area contributed by atoms with Gasteiger partial charge in [-0.25, -0.2) is 0 Å². The van der Waals surface area contributed by atoms with Crippen molar-refractivity contribution < 1.29 is 4.79 Å². The van der Waals surface area contributed by atoms with Gasteiger partial charge >= 0.3 is 0 Å². The third-order valence-corrected chi connectivity index (χ3v) is 4.39. The fourth-order valence-corrected chi connectivity index (χ4v) is 3.24. The summed E-state index contributed by atoms with van der Waals surface area (Å²) in [4.78, 5) is 12.3. The molecule has 0 aromatic heterocycles. The van der Waals surface area contributed by atoms with Crippen LogP contribution in [0, 0.1) is 0 Å². The lowest BCUT2D eigenvalue weighted by molar-refractivity contribution is -0.124. The first-order valence-electron chi connectivity index (χ1n) is 8.08. The number of amides is 1. The third kappa shape index (κ3) is 5.29. The van der Waals surface area contributed by atoms with Crippen molar-refractivity contribution in [2.45, 2.75) is 64.0 Å². The molecule has 22 heavy (non-hydrogen) atoms. The van der Waals surface area contributed by atoms with Crippen molar-refractivity contribution in [1.82, 2.24) is 10.6 Å². The molecule has 1 amide bonds. The molecule has 0 radical (unpaired) electrons. The number of carbonyl (C=O) groups excluding carboxylic acids is 1. The van der Waals surface area contributed by atoms with E-state index in [1.165, 1.54) is 12.0 Å². The molecule has 2 unspecified atom stereocenters. The molecule has 0 saturated carbocycles. The Balaban J connectivity index is 0.00000242. The van der Waals surface area contributed by atoms with Gasteiger partial charge in [-0.05, 0) is 43.7 Å². The molecular weight excluding hydrogens is 296 g/mol. The molecule has 1 heterocycles. The second-order valence-electron chi connectivity index (χ2n) is 6.87. The van der Waals surface area contributed by atoms with Crippen molar-refractivity contribution in [3.05, 3.63) is 35.9 Å². The standard InChI is InChI=1S/C18H28N2O.ClH/c1-14(20-17(21)16-11-7-8-12-19-16)13-18(2,3)15-9-5-4-6-10-15;/h4-6,9-10,14,16,19H,7-8,11-13H2,1-3H3,(H,20,21);1H. The maximum atomic E-state index is 12.3. The largest absolute Gasteiger partial charge is 0.352 e. The molecule has 1 aromatic rings. The van der Waals surface area contributed by atoms with Crippen LogP contribution in [0.4, 0.5) is 0 Å². The van der Waals surface area contributed by atoms with Crippen LogP contribution in [0.2, 0.25) is 0 Å². The van der Waals surface area contributed by atoms with Crippen LogP contribution in [-0.2, 0) is 10.2 Å². The van der Waals surface area contributed by atoms with Crippen LogP contribution < -0.4 is 10.6 Å². The van der Waals surface area contributed by atoms with Gasteiger partial charge in [0.05, 0.1) is 6.04 Å². The number of halogens is 1. The summed E-state index contributed by atoms with van der Waals surface area (Å²) < 4.78 is 0. The van der Waals surface area contributed by atoms with E-state index in [0.29, 0.717) is 0 Å². The van der Waals surface area contributed by atoms with Gasteiger partial charge in [-0.2, -0.15) is 0 Å². The number of hydrogen-bond acceptors (Lipinski definition) is 2. The van der Waals surface area contributed by atoms with E-state index in [1.54, 1.807) is 0 Å². The highest BCUT2D eigenvalue weighted by Crippen LogP contribution is 2.28. The maximum absolute atomic E-state index is 12.3. The van der Waals surface area contributed by atoms with Gasteiger partial charge in [0.2, 0.25) is 5.91 Å². The SMILES string of the molecule is CC(CC(C)(C)c1ccccc1)NC(=O)C1CCCCN1.Cl. The Morgan fingerprint density at radius 1 is 1.32 bits per heavy atom. The van der Waals surface area contributed by atoms with Crippen molar-refractivity contribution in [2.75, 3.05) is 6.54 Å². The van der Waals surface area contributed by atoms with Gasteiger partial charge in [0.15, 0.2) is 0 Å². The van der Waals surface area contributed by atoms with Crippen molar-refractivity contribution in [3.8, 4) is 0 Å². The van der Waals surface area contributed by atoms with E-state index in [-0.39, 0.29) is 35.8 Å². The van der Waals surface area contributed by atoms with Crippen LogP contribution in [0.5, 0.6) is 0 Å². The molecule has 0 bridgehead atoms. The van der Waals surface area contributed by atoms with Crippen LogP contribution in [0.15, 0.2) is 30.3 Å². The van der Waals surface area contributed by atoms with E-state index >= 15 is 0 Å². The van der Waals surface area contributed by atoms with Gasteiger partial charge < -0.3 is 10.6 Å². The molecular formula is C18H29ClN2O. The van der Waals surface area contributed by atoms with Crippen molar-refractivity contribution in [2.24, 2.45) is 0 Å². The summed E-state index contributed by atoms with van der Waals surface area (Å²) in [5.41, 5.74) is 1.38. The number of rotatable bonds is 5. The smallest absolute Gasteiger partial charge is 0.237 e. The zero-order chi connectivity index (χ0) is 15.3. The number of benzene rings is 1. The first-order valence-corrected chi connectivity index (χ1v) is 8.08. The lowest BCUT2D eigenvalue weighted by Crippen LogP contribution is -2.49. The Bertz CT molecular complexity index is 455. The second-order valence-corrected chi connectivity index (χ2v) is 6.87. The molecule has 2 atom stereocenters. The van der Waals surface area contributed by atoms with E-state index in [0.717, 1.165) is 25.8 Å². The molecule has 3 nitrogen and oxygen atoms in total. The fraction of sp³-hybridized carbons (Fsp3) is 0.611. The highest BCUT2D eigenvalue weighted by molar-refractivity contribution is 5.85. The predicted molar refractivity (Wildman–Crippen MR) is 94.6 cm³/mol. The van der Waals surface area contributed by atoms with Gasteiger partial charge in [0.1, 0.15) is 0 Å². The highest BCUT2D eigenvalue weighted by atomic mass is 35.5. The van der Waals surface area contributed by atoms with Gasteiger partial charge in [0, 0.05) is 6.04 Å². The number of nitrogens with one attached hydrogen (secondary N) is 2. The van der Waals surface area contributed by atoms with E-state index < -0.39 is 0 Å². The van der Waals surface area contributed by atoms with Gasteiger partial charge in [-0.1, -0.05) is 50.6 Å². The molecule has 0 aliphatic carbocycles. The summed E-state index contributed by atoms with van der Waals surface area (Å²) >= 11 is 0. The Labute approximate surface area is 140 Å². The zero-order valence-electron chi connectivity index (χ0n) is 13.9. The van der Waals surface area contributed by atoms with Crippen molar-refractivity contribution in [1.29, 1.82) is 0 Å². The maximum Gasteiger partial charge on any atom is 0.237 e. The molecule has 0 spiro atoms. The van der Waals surface area contributed by atoms with Crippen molar-refractivity contribution >= 4 is 18.3 Å². The minimum absolute atomic E-state index is 0. The Morgan fingerprint density at radius 2 is 2.00 bits per heavy atom. The molecule has 1 aliphatic rings. The number of piperidine rings is 1. The lowest BCUT2D eigenvalue weighted by atomic mass is 9.79. The predicted octanol–water partition coefficient (Wildman–Crippen LogP) is 3.42. The van der Waals surface area contributed by atoms with Crippen LogP contribution in [-0.4, -0.2) is 24.5 Å². The Kier molecular flexibility index (Phi) is 7.37. The fourth-order valence-electron chi connectivity index (χ4n) is 3.24. The molecule has 124 valence electrons. The first-order chi connectivity index (χ1) is 9.99. The molecule has 1 saturated heterocycles. The average molecular weight is 325 g/mol. The monoisotopic (exact) mass is 324 g/mol. The van der Waals surface area contributed by atoms with Crippen LogP contribution in [0.1, 0.15) is 52.0 Å². The molecule has 1 aromatic carbocycles. The van der Waals surface area contributed by atoms with Crippen LogP contribution >= 0.6 is 12.4 Å². The third-order valence-electron chi connectivity index (χ3n) is 4.39. The summed E-state index contributed by atoms with van der Waals surface area (Å²) in [6, 6.07) is 10.7. The average Bonchev–Trinajstić information content (AvgIpc) is 2.48. The highest BCUT2D eigenvalue weighted by Gasteiger charge is 2.26. The minimum Gasteiger partial charge on any atom is -0.352 e. The topological polar surface area (TPSA) is 41.1 Å². The zero-order valence-corrected chi connectivity index (χ0v) is 14.7. The molecule has 1 aliphatic heterocycles. The molecule has 2 N–H and O–H groups in total. The van der Waals surface area contributed by atoms with E-state index in [9.17, 15) is 4.79 Å².